The quantitative estimate of drug-likeness (QED) is 0.170. The van der Waals surface area contributed by atoms with E-state index in [4.69, 9.17) is 4.42 Å². The molecule has 0 fully saturated rings. The molecule has 3 heteroatoms. The van der Waals surface area contributed by atoms with Gasteiger partial charge in [-0.25, -0.2) is 0 Å². The first-order chi connectivity index (χ1) is 27.2. The van der Waals surface area contributed by atoms with Gasteiger partial charge in [-0.05, 0) is 93.7 Å². The molecule has 258 valence electrons. The molecule has 0 spiro atoms. The van der Waals surface area contributed by atoms with E-state index in [9.17, 15) is 0 Å². The van der Waals surface area contributed by atoms with Crippen LogP contribution in [0.3, 0.4) is 0 Å². The SMILES string of the molecule is c1ccc(-c2ccccc2N(c2ccc(-c3ccc4cc5sc6ccccc6c5cc4c3)cc2)c2ccc(-c3cccc4c3oc3ccccc34)cc2)cc1. The smallest absolute Gasteiger partial charge is 0.143 e. The molecular weight excluding hydrogens is 687 g/mol. The Morgan fingerprint density at radius 1 is 0.364 bits per heavy atom. The third-order valence-electron chi connectivity index (χ3n) is 10.9. The van der Waals surface area contributed by atoms with E-state index in [1.54, 1.807) is 0 Å². The number of nitrogens with zero attached hydrogens (tertiary/aromatic N) is 1. The summed E-state index contributed by atoms with van der Waals surface area (Å²) in [6, 6.07) is 72.2. The second-order valence-electron chi connectivity index (χ2n) is 14.1. The first-order valence-electron chi connectivity index (χ1n) is 18.7. The van der Waals surface area contributed by atoms with Gasteiger partial charge in [0.05, 0.1) is 5.69 Å². The molecule has 0 amide bonds. The highest BCUT2D eigenvalue weighted by Gasteiger charge is 2.19. The van der Waals surface area contributed by atoms with Crippen LogP contribution in [0.25, 0.3) is 86.3 Å². The number of benzene rings is 9. The molecule has 11 rings (SSSR count). The number of furan rings is 1. The van der Waals surface area contributed by atoms with Crippen molar-refractivity contribution >= 4 is 81.3 Å². The highest BCUT2D eigenvalue weighted by atomic mass is 32.1. The van der Waals surface area contributed by atoms with E-state index < -0.39 is 0 Å². The lowest BCUT2D eigenvalue weighted by atomic mass is 9.98. The van der Waals surface area contributed by atoms with Crippen LogP contribution < -0.4 is 4.90 Å². The van der Waals surface area contributed by atoms with Crippen molar-refractivity contribution < 1.29 is 4.42 Å². The molecule has 0 aliphatic rings. The minimum Gasteiger partial charge on any atom is -0.455 e. The first kappa shape index (κ1) is 31.6. The zero-order chi connectivity index (χ0) is 36.3. The van der Waals surface area contributed by atoms with Gasteiger partial charge in [-0.1, -0.05) is 140 Å². The van der Waals surface area contributed by atoms with Crippen LogP contribution in [-0.2, 0) is 0 Å². The summed E-state index contributed by atoms with van der Waals surface area (Å²) >= 11 is 1.87. The summed E-state index contributed by atoms with van der Waals surface area (Å²) < 4.78 is 9.08. The zero-order valence-corrected chi connectivity index (χ0v) is 30.6. The van der Waals surface area contributed by atoms with Crippen molar-refractivity contribution in [1.82, 2.24) is 0 Å². The lowest BCUT2D eigenvalue weighted by molar-refractivity contribution is 0.670. The van der Waals surface area contributed by atoms with Crippen molar-refractivity contribution in [3.63, 3.8) is 0 Å². The third-order valence-corrected chi connectivity index (χ3v) is 12.0. The average molecular weight is 720 g/mol. The predicted octanol–water partition coefficient (Wildman–Crippen LogP) is 15.6. The Kier molecular flexibility index (Phi) is 7.39. The van der Waals surface area contributed by atoms with Gasteiger partial charge in [-0.2, -0.15) is 0 Å². The predicted molar refractivity (Wildman–Crippen MR) is 235 cm³/mol. The number of anilines is 3. The molecule has 0 unspecified atom stereocenters. The minimum atomic E-state index is 0.908. The van der Waals surface area contributed by atoms with Crippen LogP contribution in [0, 0.1) is 0 Å². The third kappa shape index (κ3) is 5.40. The lowest BCUT2D eigenvalue weighted by Crippen LogP contribution is -2.11. The highest BCUT2D eigenvalue weighted by Crippen LogP contribution is 2.43. The van der Waals surface area contributed by atoms with Gasteiger partial charge in [-0.15, -0.1) is 11.3 Å². The Labute approximate surface area is 322 Å². The van der Waals surface area contributed by atoms with Crippen molar-refractivity contribution in [2.75, 3.05) is 4.90 Å². The summed E-state index contributed by atoms with van der Waals surface area (Å²) in [6.45, 7) is 0. The molecule has 55 heavy (non-hydrogen) atoms. The van der Waals surface area contributed by atoms with Crippen LogP contribution in [0.4, 0.5) is 17.1 Å². The Hall–Kier alpha value is -6.94. The van der Waals surface area contributed by atoms with Gasteiger partial charge >= 0.3 is 0 Å². The molecule has 0 N–H and O–H groups in total. The monoisotopic (exact) mass is 719 g/mol. The van der Waals surface area contributed by atoms with Crippen LogP contribution in [0.15, 0.2) is 205 Å². The molecule has 0 saturated heterocycles. The fraction of sp³-hybridized carbons (Fsp3) is 0. The molecule has 0 aliphatic carbocycles. The second-order valence-corrected chi connectivity index (χ2v) is 15.2. The summed E-state index contributed by atoms with van der Waals surface area (Å²) in [5.74, 6) is 0. The molecule has 0 aliphatic heterocycles. The molecule has 2 nitrogen and oxygen atoms in total. The van der Waals surface area contributed by atoms with E-state index >= 15 is 0 Å². The Morgan fingerprint density at radius 2 is 1.00 bits per heavy atom. The van der Waals surface area contributed by atoms with E-state index in [2.05, 4.69) is 193 Å². The van der Waals surface area contributed by atoms with Crippen molar-refractivity contribution in [1.29, 1.82) is 0 Å². The zero-order valence-electron chi connectivity index (χ0n) is 29.8. The molecule has 0 saturated carbocycles. The maximum absolute atomic E-state index is 6.41. The maximum atomic E-state index is 6.41. The summed E-state index contributed by atoms with van der Waals surface area (Å²) in [4.78, 5) is 2.37. The minimum absolute atomic E-state index is 0.908. The molecular formula is C52H33NOS. The Morgan fingerprint density at radius 3 is 1.84 bits per heavy atom. The Bertz CT molecular complexity index is 3190. The van der Waals surface area contributed by atoms with Crippen molar-refractivity contribution in [3.8, 4) is 33.4 Å². The molecule has 0 atom stereocenters. The van der Waals surface area contributed by atoms with E-state index in [-0.39, 0.29) is 0 Å². The second kappa shape index (κ2) is 12.9. The molecule has 11 aromatic rings. The van der Waals surface area contributed by atoms with Gasteiger partial charge in [0.25, 0.3) is 0 Å². The maximum Gasteiger partial charge on any atom is 0.143 e. The summed E-state index contributed by atoms with van der Waals surface area (Å²) in [6.07, 6.45) is 0. The summed E-state index contributed by atoms with van der Waals surface area (Å²) in [5.41, 5.74) is 12.1. The lowest BCUT2D eigenvalue weighted by Gasteiger charge is -2.28. The largest absolute Gasteiger partial charge is 0.455 e. The van der Waals surface area contributed by atoms with E-state index in [0.717, 1.165) is 50.1 Å². The van der Waals surface area contributed by atoms with Gasteiger partial charge in [0.15, 0.2) is 0 Å². The number of rotatable bonds is 6. The van der Waals surface area contributed by atoms with E-state index in [1.165, 1.54) is 53.2 Å². The number of hydrogen-bond acceptors (Lipinski definition) is 3. The van der Waals surface area contributed by atoms with Crippen LogP contribution in [0.1, 0.15) is 0 Å². The standard InChI is InChI=1S/C52H33NOS/c1-2-11-35(12-3-1)42-13-4-7-18-48(42)53(41-29-25-36(26-30-41)43-16-10-17-46-44-14-5-8-19-49(44)54-52(43)46)40-27-23-34(24-28-40)37-21-22-38-33-51-47(32-39(38)31-37)45-15-6-9-20-50(45)55-51/h1-33H. The van der Waals surface area contributed by atoms with E-state index in [0.29, 0.717) is 0 Å². The first-order valence-corrected chi connectivity index (χ1v) is 19.5. The van der Waals surface area contributed by atoms with Gasteiger partial charge < -0.3 is 9.32 Å². The van der Waals surface area contributed by atoms with Crippen LogP contribution in [0.5, 0.6) is 0 Å². The molecule has 0 radical (unpaired) electrons. The highest BCUT2D eigenvalue weighted by molar-refractivity contribution is 7.25. The van der Waals surface area contributed by atoms with E-state index in [1.807, 2.05) is 23.5 Å². The average Bonchev–Trinajstić information content (AvgIpc) is 3.82. The van der Waals surface area contributed by atoms with Crippen molar-refractivity contribution in [3.05, 3.63) is 200 Å². The number of thiophene rings is 1. The van der Waals surface area contributed by atoms with Gasteiger partial charge in [0, 0.05) is 53.4 Å². The van der Waals surface area contributed by atoms with Gasteiger partial charge in [0.1, 0.15) is 11.2 Å². The van der Waals surface area contributed by atoms with Crippen LogP contribution in [0.2, 0.25) is 0 Å². The summed E-state index contributed by atoms with van der Waals surface area (Å²) in [5, 5.41) is 7.45. The normalized spacial score (nSPS) is 11.6. The summed E-state index contributed by atoms with van der Waals surface area (Å²) in [7, 11) is 0. The van der Waals surface area contributed by atoms with Gasteiger partial charge in [0.2, 0.25) is 0 Å². The molecule has 0 bridgehead atoms. The van der Waals surface area contributed by atoms with Crippen LogP contribution >= 0.6 is 11.3 Å². The number of fused-ring (bicyclic) bond motifs is 7. The van der Waals surface area contributed by atoms with Gasteiger partial charge in [-0.3, -0.25) is 0 Å². The topological polar surface area (TPSA) is 16.4 Å². The Balaban J connectivity index is 1.00. The van der Waals surface area contributed by atoms with Crippen molar-refractivity contribution in [2.45, 2.75) is 0 Å². The fourth-order valence-electron chi connectivity index (χ4n) is 8.17. The molecule has 2 heterocycles. The molecule has 2 aromatic heterocycles. The molecule has 9 aromatic carbocycles. The van der Waals surface area contributed by atoms with Crippen molar-refractivity contribution in [2.24, 2.45) is 0 Å². The fourth-order valence-corrected chi connectivity index (χ4v) is 9.31. The number of para-hydroxylation sites is 3. The number of hydrogen-bond donors (Lipinski definition) is 0. The van der Waals surface area contributed by atoms with Crippen LogP contribution in [-0.4, -0.2) is 0 Å².